The quantitative estimate of drug-likeness (QED) is 0.656. The van der Waals surface area contributed by atoms with Crippen molar-refractivity contribution in [3.8, 4) is 0 Å². The van der Waals surface area contributed by atoms with E-state index >= 15 is 0 Å². The van der Waals surface area contributed by atoms with Crippen molar-refractivity contribution < 1.29 is 4.79 Å². The molecule has 0 aromatic rings. The van der Waals surface area contributed by atoms with Crippen LogP contribution in [0, 0.1) is 0 Å². The second-order valence-corrected chi connectivity index (χ2v) is 4.23. The van der Waals surface area contributed by atoms with Gasteiger partial charge in [-0.05, 0) is 32.1 Å². The van der Waals surface area contributed by atoms with Crippen LogP contribution in [0.3, 0.4) is 0 Å². The second-order valence-electron chi connectivity index (χ2n) is 4.23. The molecule has 1 amide bonds. The molecule has 1 aliphatic carbocycles. The van der Waals surface area contributed by atoms with Gasteiger partial charge in [-0.2, -0.15) is 0 Å². The molecule has 3 N–H and O–H groups in total. The first-order valence-electron chi connectivity index (χ1n) is 5.92. The fraction of sp³-hybridized carbons (Fsp3) is 0.750. The summed E-state index contributed by atoms with van der Waals surface area (Å²) in [6, 6.07) is 0.00990. The van der Waals surface area contributed by atoms with Crippen LogP contribution in [0.1, 0.15) is 45.4 Å². The molecule has 0 bridgehead atoms. The number of amides is 1. The predicted molar refractivity (Wildman–Crippen MR) is 62.4 cm³/mol. The molecular weight excluding hydrogens is 188 g/mol. The van der Waals surface area contributed by atoms with Crippen molar-refractivity contribution in [2.75, 3.05) is 6.54 Å². The molecule has 0 radical (unpaired) electrons. The summed E-state index contributed by atoms with van der Waals surface area (Å²) >= 11 is 0. The van der Waals surface area contributed by atoms with Crippen LogP contribution in [0.2, 0.25) is 0 Å². The summed E-state index contributed by atoms with van der Waals surface area (Å²) in [4.78, 5) is 11.4. The third kappa shape index (κ3) is 4.98. The minimum atomic E-state index is 0.00990. The molecule has 1 atom stereocenters. The highest BCUT2D eigenvalue weighted by atomic mass is 16.1. The van der Waals surface area contributed by atoms with Crippen molar-refractivity contribution in [2.45, 2.75) is 51.5 Å². The Morgan fingerprint density at radius 1 is 1.67 bits per heavy atom. The Kier molecular flexibility index (Phi) is 5.40. The van der Waals surface area contributed by atoms with Crippen LogP contribution in [0.15, 0.2) is 11.6 Å². The number of nitrogens with two attached hydrogens (primary N) is 1. The number of hydrogen-bond donors (Lipinski definition) is 2. The predicted octanol–water partition coefficient (Wildman–Crippen LogP) is 1.73. The van der Waals surface area contributed by atoms with Gasteiger partial charge in [0, 0.05) is 19.0 Å². The maximum absolute atomic E-state index is 11.4. The third-order valence-electron chi connectivity index (χ3n) is 2.88. The van der Waals surface area contributed by atoms with Crippen molar-refractivity contribution in [1.82, 2.24) is 5.32 Å². The van der Waals surface area contributed by atoms with E-state index in [9.17, 15) is 4.79 Å². The molecule has 1 aliphatic rings. The normalized spacial score (nSPS) is 17.3. The van der Waals surface area contributed by atoms with Gasteiger partial charge in [0.25, 0.3) is 0 Å². The lowest BCUT2D eigenvalue weighted by Crippen LogP contribution is -2.31. The van der Waals surface area contributed by atoms with E-state index in [0.717, 1.165) is 19.4 Å². The van der Waals surface area contributed by atoms with Crippen LogP contribution in [0.25, 0.3) is 0 Å². The average Bonchev–Trinajstić information content (AvgIpc) is 2.70. The number of hydrogen-bond acceptors (Lipinski definition) is 2. The topological polar surface area (TPSA) is 55.1 Å². The fourth-order valence-electron chi connectivity index (χ4n) is 1.78. The van der Waals surface area contributed by atoms with Crippen LogP contribution in [0.5, 0.6) is 0 Å². The van der Waals surface area contributed by atoms with E-state index in [0.29, 0.717) is 6.42 Å². The van der Waals surface area contributed by atoms with Gasteiger partial charge in [0.15, 0.2) is 0 Å². The minimum absolute atomic E-state index is 0.00990. The van der Waals surface area contributed by atoms with Crippen molar-refractivity contribution in [3.05, 3.63) is 11.6 Å². The monoisotopic (exact) mass is 210 g/mol. The molecule has 15 heavy (non-hydrogen) atoms. The van der Waals surface area contributed by atoms with Gasteiger partial charge in [-0.3, -0.25) is 4.79 Å². The van der Waals surface area contributed by atoms with Gasteiger partial charge in [0.2, 0.25) is 5.91 Å². The lowest BCUT2D eigenvalue weighted by Gasteiger charge is -2.09. The summed E-state index contributed by atoms with van der Waals surface area (Å²) in [5.74, 6) is 0.0861. The smallest absolute Gasteiger partial charge is 0.221 e. The molecule has 86 valence electrons. The van der Waals surface area contributed by atoms with Crippen molar-refractivity contribution in [1.29, 1.82) is 0 Å². The van der Waals surface area contributed by atoms with E-state index in [-0.39, 0.29) is 11.9 Å². The molecule has 3 nitrogen and oxygen atoms in total. The summed E-state index contributed by atoms with van der Waals surface area (Å²) in [6.45, 7) is 2.77. The van der Waals surface area contributed by atoms with Crippen LogP contribution in [-0.2, 0) is 4.79 Å². The van der Waals surface area contributed by atoms with Crippen molar-refractivity contribution in [3.63, 3.8) is 0 Å². The van der Waals surface area contributed by atoms with Crippen LogP contribution in [-0.4, -0.2) is 18.5 Å². The van der Waals surface area contributed by atoms with E-state index < -0.39 is 0 Å². The molecule has 0 saturated heterocycles. The van der Waals surface area contributed by atoms with Gasteiger partial charge >= 0.3 is 0 Å². The van der Waals surface area contributed by atoms with Gasteiger partial charge in [0.05, 0.1) is 0 Å². The maximum Gasteiger partial charge on any atom is 0.221 e. The van der Waals surface area contributed by atoms with E-state index in [1.165, 1.54) is 24.8 Å². The maximum atomic E-state index is 11.4. The molecule has 0 aromatic carbocycles. The van der Waals surface area contributed by atoms with Gasteiger partial charge in [0.1, 0.15) is 0 Å². The Bertz CT molecular complexity index is 236. The van der Waals surface area contributed by atoms with E-state index in [2.05, 4.69) is 11.4 Å². The third-order valence-corrected chi connectivity index (χ3v) is 2.88. The molecule has 0 spiro atoms. The summed E-state index contributed by atoms with van der Waals surface area (Å²) in [6.07, 6.45) is 8.32. The van der Waals surface area contributed by atoms with Gasteiger partial charge in [-0.15, -0.1) is 0 Å². The highest BCUT2D eigenvalue weighted by molar-refractivity contribution is 5.76. The number of allylic oxidation sites excluding steroid dienone is 1. The zero-order valence-electron chi connectivity index (χ0n) is 9.59. The van der Waals surface area contributed by atoms with Gasteiger partial charge in [-0.1, -0.05) is 18.6 Å². The Labute approximate surface area is 92.1 Å². The first-order chi connectivity index (χ1) is 7.22. The molecule has 1 unspecified atom stereocenters. The molecule has 0 aromatic heterocycles. The molecule has 1 rings (SSSR count). The zero-order chi connectivity index (χ0) is 11.1. The highest BCUT2D eigenvalue weighted by Crippen LogP contribution is 2.19. The SMILES string of the molecule is CCC(N)CC(=O)NCCC1=CCCC1. The molecule has 0 fully saturated rings. The summed E-state index contributed by atoms with van der Waals surface area (Å²) in [7, 11) is 0. The standard InChI is InChI=1S/C12H22N2O/c1-2-11(13)9-12(15)14-8-7-10-5-3-4-6-10/h5,11H,2-4,6-9,13H2,1H3,(H,14,15). The average molecular weight is 210 g/mol. The lowest BCUT2D eigenvalue weighted by molar-refractivity contribution is -0.121. The molecule has 0 heterocycles. The van der Waals surface area contributed by atoms with Gasteiger partial charge < -0.3 is 11.1 Å². The summed E-state index contributed by atoms with van der Waals surface area (Å²) in [5.41, 5.74) is 7.19. The molecule has 0 aliphatic heterocycles. The van der Waals surface area contributed by atoms with Crippen LogP contribution in [0.4, 0.5) is 0 Å². The van der Waals surface area contributed by atoms with Crippen LogP contribution >= 0.6 is 0 Å². The Hall–Kier alpha value is -0.830. The first-order valence-corrected chi connectivity index (χ1v) is 5.92. The van der Waals surface area contributed by atoms with Gasteiger partial charge in [-0.25, -0.2) is 0 Å². The van der Waals surface area contributed by atoms with E-state index in [1.807, 2.05) is 6.92 Å². The van der Waals surface area contributed by atoms with E-state index in [1.54, 1.807) is 0 Å². The molecule has 0 saturated carbocycles. The summed E-state index contributed by atoms with van der Waals surface area (Å²) in [5, 5.41) is 2.92. The Morgan fingerprint density at radius 3 is 3.07 bits per heavy atom. The van der Waals surface area contributed by atoms with E-state index in [4.69, 9.17) is 5.73 Å². The molecular formula is C12H22N2O. The number of nitrogens with one attached hydrogen (secondary N) is 1. The van der Waals surface area contributed by atoms with Crippen LogP contribution < -0.4 is 11.1 Å². The molecule has 3 heteroatoms. The summed E-state index contributed by atoms with van der Waals surface area (Å²) < 4.78 is 0. The Balaban J connectivity index is 2.06. The van der Waals surface area contributed by atoms with Crippen molar-refractivity contribution in [2.24, 2.45) is 5.73 Å². The first kappa shape index (κ1) is 12.2. The second kappa shape index (κ2) is 6.62. The lowest BCUT2D eigenvalue weighted by atomic mass is 10.1. The zero-order valence-corrected chi connectivity index (χ0v) is 9.59. The van der Waals surface area contributed by atoms with Crippen molar-refractivity contribution >= 4 is 5.91 Å². The largest absolute Gasteiger partial charge is 0.356 e. The number of carbonyl (C=O) groups excluding carboxylic acids is 1. The Morgan fingerprint density at radius 2 is 2.47 bits per heavy atom. The highest BCUT2D eigenvalue weighted by Gasteiger charge is 2.08. The minimum Gasteiger partial charge on any atom is -0.356 e. The number of carbonyl (C=O) groups is 1. The number of rotatable bonds is 6. The fourth-order valence-corrected chi connectivity index (χ4v) is 1.78.